The van der Waals surface area contributed by atoms with Gasteiger partial charge in [-0.2, -0.15) is 0 Å². The summed E-state index contributed by atoms with van der Waals surface area (Å²) in [5.74, 6) is 0.226. The van der Waals surface area contributed by atoms with E-state index in [0.717, 1.165) is 0 Å². The van der Waals surface area contributed by atoms with Crippen LogP contribution in [0.1, 0.15) is 15.9 Å². The largest absolute Gasteiger partial charge is 0.433 e. The molecule has 0 unspecified atom stereocenters. The second kappa shape index (κ2) is 4.28. The van der Waals surface area contributed by atoms with Crippen LogP contribution in [-0.4, -0.2) is 5.91 Å². The molecule has 0 aromatic heterocycles. The summed E-state index contributed by atoms with van der Waals surface area (Å²) >= 11 is 5.48. The van der Waals surface area contributed by atoms with Crippen LogP contribution in [0, 0.1) is 0 Å². The highest BCUT2D eigenvalue weighted by molar-refractivity contribution is 6.25. The Hall–Kier alpha value is -1.94. The van der Waals surface area contributed by atoms with E-state index in [2.05, 4.69) is 0 Å². The van der Waals surface area contributed by atoms with Crippen molar-refractivity contribution in [3.05, 3.63) is 47.1 Å². The predicted molar refractivity (Wildman–Crippen MR) is 59.6 cm³/mol. The summed E-state index contributed by atoms with van der Waals surface area (Å²) in [5.41, 5.74) is 7.46. The Morgan fingerprint density at radius 2 is 2.25 bits per heavy atom. The summed E-state index contributed by atoms with van der Waals surface area (Å²) in [5, 5.41) is 0. The third-order valence-electron chi connectivity index (χ3n) is 2.03. The van der Waals surface area contributed by atoms with E-state index in [4.69, 9.17) is 26.8 Å². The second-order valence-electron chi connectivity index (χ2n) is 3.07. The minimum atomic E-state index is -0.491. The first-order valence-electron chi connectivity index (χ1n) is 4.46. The lowest BCUT2D eigenvalue weighted by Crippen LogP contribution is -2.11. The van der Waals surface area contributed by atoms with Gasteiger partial charge >= 0.3 is 5.95 Å². The Balaban J connectivity index is 2.45. The van der Waals surface area contributed by atoms with Gasteiger partial charge in [0.05, 0.1) is 11.8 Å². The van der Waals surface area contributed by atoms with Crippen LogP contribution in [0.4, 0.5) is 0 Å². The minimum absolute atomic E-state index is 0.170. The lowest BCUT2D eigenvalue weighted by Gasteiger charge is -2.07. The van der Waals surface area contributed by atoms with Gasteiger partial charge in [-0.1, -0.05) is 11.6 Å². The first-order chi connectivity index (χ1) is 7.70. The fraction of sp³-hybridized carbons (Fsp3) is 0. The molecule has 1 aromatic rings. The number of rotatable bonds is 1. The molecule has 0 bridgehead atoms. The summed E-state index contributed by atoms with van der Waals surface area (Å²) < 4.78 is 10.4. The van der Waals surface area contributed by atoms with Crippen molar-refractivity contribution < 1.29 is 14.3 Å². The molecule has 0 fully saturated rings. The van der Waals surface area contributed by atoms with Crippen molar-refractivity contribution in [2.45, 2.75) is 0 Å². The average molecular weight is 238 g/mol. The lowest BCUT2D eigenvalue weighted by molar-refractivity contribution is 0.100. The van der Waals surface area contributed by atoms with Crippen LogP contribution < -0.4 is 10.5 Å². The number of carbonyl (C=O) groups excluding carboxylic acids is 1. The summed E-state index contributed by atoms with van der Waals surface area (Å²) in [4.78, 5) is 11.0. The Labute approximate surface area is 96.9 Å². The van der Waals surface area contributed by atoms with Crippen LogP contribution in [0.25, 0.3) is 6.08 Å². The second-order valence-corrected chi connectivity index (χ2v) is 3.29. The van der Waals surface area contributed by atoms with Gasteiger partial charge in [0.15, 0.2) is 0 Å². The number of amides is 1. The van der Waals surface area contributed by atoms with E-state index >= 15 is 0 Å². The number of ether oxygens (including phenoxy) is 2. The highest BCUT2D eigenvalue weighted by atomic mass is 35.5. The van der Waals surface area contributed by atoms with Crippen molar-refractivity contribution >= 4 is 23.6 Å². The van der Waals surface area contributed by atoms with Crippen LogP contribution in [0.3, 0.4) is 0 Å². The molecule has 2 N–H and O–H groups in total. The van der Waals surface area contributed by atoms with Crippen molar-refractivity contribution in [2.75, 3.05) is 0 Å². The van der Waals surface area contributed by atoms with Gasteiger partial charge in [0, 0.05) is 11.1 Å². The molecule has 0 aliphatic carbocycles. The van der Waals surface area contributed by atoms with E-state index < -0.39 is 5.91 Å². The molecule has 1 aliphatic heterocycles. The van der Waals surface area contributed by atoms with Crippen LogP contribution in [-0.2, 0) is 4.74 Å². The van der Waals surface area contributed by atoms with E-state index in [0.29, 0.717) is 16.9 Å². The third-order valence-corrected chi connectivity index (χ3v) is 2.20. The lowest BCUT2D eigenvalue weighted by atomic mass is 10.1. The van der Waals surface area contributed by atoms with Crippen LogP contribution in [0.2, 0.25) is 0 Å². The molecule has 1 heterocycles. The maximum atomic E-state index is 11.0. The molecule has 0 saturated carbocycles. The van der Waals surface area contributed by atoms with Gasteiger partial charge in [-0.05, 0) is 24.3 Å². The fourth-order valence-electron chi connectivity index (χ4n) is 1.28. The van der Waals surface area contributed by atoms with Gasteiger partial charge < -0.3 is 15.2 Å². The minimum Gasteiger partial charge on any atom is -0.433 e. The predicted octanol–water partition coefficient (Wildman–Crippen LogP) is 2.20. The first kappa shape index (κ1) is 10.6. The molecular formula is C11H8ClNO3. The SMILES string of the molecule is NC(=O)c1ccc2c(c1)C=CO/C(=C\Cl)O2. The summed E-state index contributed by atoms with van der Waals surface area (Å²) in [6.07, 6.45) is 3.08. The zero-order chi connectivity index (χ0) is 11.5. The third kappa shape index (κ3) is 2.01. The normalized spacial score (nSPS) is 15.9. The van der Waals surface area contributed by atoms with Gasteiger partial charge in [-0.25, -0.2) is 0 Å². The van der Waals surface area contributed by atoms with E-state index in [-0.39, 0.29) is 5.95 Å². The fourth-order valence-corrected chi connectivity index (χ4v) is 1.38. The zero-order valence-electron chi connectivity index (χ0n) is 8.14. The van der Waals surface area contributed by atoms with Gasteiger partial charge in [0.1, 0.15) is 5.75 Å². The number of carbonyl (C=O) groups is 1. The molecule has 2 rings (SSSR count). The molecular weight excluding hydrogens is 230 g/mol. The Morgan fingerprint density at radius 1 is 1.44 bits per heavy atom. The van der Waals surface area contributed by atoms with Crippen LogP contribution in [0.5, 0.6) is 5.75 Å². The van der Waals surface area contributed by atoms with E-state index in [1.165, 1.54) is 11.8 Å². The number of nitrogens with two attached hydrogens (primary N) is 1. The van der Waals surface area contributed by atoms with Crippen molar-refractivity contribution in [2.24, 2.45) is 5.73 Å². The monoisotopic (exact) mass is 237 g/mol. The molecule has 82 valence electrons. The number of halogens is 1. The topological polar surface area (TPSA) is 61.6 Å². The zero-order valence-corrected chi connectivity index (χ0v) is 8.90. The van der Waals surface area contributed by atoms with Gasteiger partial charge in [0.2, 0.25) is 5.91 Å². The van der Waals surface area contributed by atoms with Gasteiger partial charge in [-0.3, -0.25) is 4.79 Å². The van der Waals surface area contributed by atoms with Crippen molar-refractivity contribution in [3.63, 3.8) is 0 Å². The van der Waals surface area contributed by atoms with Crippen LogP contribution in [0.15, 0.2) is 35.9 Å². The van der Waals surface area contributed by atoms with Crippen molar-refractivity contribution in [3.8, 4) is 5.75 Å². The number of primary amides is 1. The molecule has 0 atom stereocenters. The van der Waals surface area contributed by atoms with E-state index in [1.54, 1.807) is 24.3 Å². The molecule has 0 radical (unpaired) electrons. The maximum absolute atomic E-state index is 11.0. The smallest absolute Gasteiger partial charge is 0.301 e. The van der Waals surface area contributed by atoms with Gasteiger partial charge in [0.25, 0.3) is 0 Å². The number of hydrogen-bond donors (Lipinski definition) is 1. The highest BCUT2D eigenvalue weighted by Gasteiger charge is 2.11. The molecule has 0 saturated heterocycles. The Morgan fingerprint density at radius 3 is 2.94 bits per heavy atom. The van der Waals surface area contributed by atoms with Crippen molar-refractivity contribution in [1.82, 2.24) is 0 Å². The van der Waals surface area contributed by atoms with Crippen molar-refractivity contribution in [1.29, 1.82) is 0 Å². The molecule has 4 nitrogen and oxygen atoms in total. The molecule has 5 heteroatoms. The molecule has 1 aromatic carbocycles. The first-order valence-corrected chi connectivity index (χ1v) is 4.89. The molecule has 1 aliphatic rings. The van der Waals surface area contributed by atoms with Gasteiger partial charge in [-0.15, -0.1) is 0 Å². The number of fused-ring (bicyclic) bond motifs is 1. The summed E-state index contributed by atoms with van der Waals surface area (Å²) in [6, 6.07) is 4.83. The van der Waals surface area contributed by atoms with E-state index in [9.17, 15) is 4.79 Å². The Kier molecular flexibility index (Phi) is 2.83. The highest BCUT2D eigenvalue weighted by Crippen LogP contribution is 2.26. The Bertz CT molecular complexity index is 494. The molecule has 16 heavy (non-hydrogen) atoms. The number of hydrogen-bond acceptors (Lipinski definition) is 3. The quantitative estimate of drug-likeness (QED) is 0.815. The summed E-state index contributed by atoms with van der Waals surface area (Å²) in [7, 11) is 0. The molecule has 0 spiro atoms. The van der Waals surface area contributed by atoms with Crippen LogP contribution >= 0.6 is 11.6 Å². The summed E-state index contributed by atoms with van der Waals surface area (Å²) in [6.45, 7) is 0. The maximum Gasteiger partial charge on any atom is 0.301 e. The number of benzene rings is 1. The standard InChI is InChI=1S/C11H8ClNO3/c12-6-10-15-4-3-7-5-8(11(13)14)1-2-9(7)16-10/h1-6H,(H2,13,14)/b10-6+. The molecule has 1 amide bonds. The average Bonchev–Trinajstić information content (AvgIpc) is 2.49. The van der Waals surface area contributed by atoms with E-state index in [1.807, 2.05) is 0 Å².